The van der Waals surface area contributed by atoms with E-state index in [1.54, 1.807) is 24.3 Å². The molecule has 18 heavy (non-hydrogen) atoms. The zero-order valence-electron chi connectivity index (χ0n) is 11.0. The molecule has 5 nitrogen and oxygen atoms in total. The highest BCUT2D eigenvalue weighted by molar-refractivity contribution is 6.07. The maximum atomic E-state index is 12.1. The quantitative estimate of drug-likeness (QED) is 0.362. The van der Waals surface area contributed by atoms with E-state index in [1.807, 2.05) is 19.0 Å². The Morgan fingerprint density at radius 1 is 1.11 bits per heavy atom. The van der Waals surface area contributed by atoms with Crippen LogP contribution in [0.3, 0.4) is 0 Å². The number of carbonyl (C=O) groups excluding carboxylic acids is 2. The van der Waals surface area contributed by atoms with E-state index in [4.69, 9.17) is 5.84 Å². The molecule has 1 aromatic rings. The van der Waals surface area contributed by atoms with Crippen LogP contribution in [-0.4, -0.2) is 48.8 Å². The van der Waals surface area contributed by atoms with Gasteiger partial charge in [0.2, 0.25) is 0 Å². The van der Waals surface area contributed by atoms with Gasteiger partial charge in [-0.15, -0.1) is 0 Å². The van der Waals surface area contributed by atoms with Gasteiger partial charge >= 0.3 is 0 Å². The lowest BCUT2D eigenvalue weighted by Gasteiger charge is -2.20. The Bertz CT molecular complexity index is 444. The van der Waals surface area contributed by atoms with Crippen molar-refractivity contribution in [1.29, 1.82) is 0 Å². The summed E-state index contributed by atoms with van der Waals surface area (Å²) < 4.78 is 0. The third-order valence-corrected chi connectivity index (χ3v) is 2.59. The van der Waals surface area contributed by atoms with E-state index in [1.165, 1.54) is 6.92 Å². The number of rotatable bonds is 5. The molecule has 0 heterocycles. The summed E-state index contributed by atoms with van der Waals surface area (Å²) in [5, 5.41) is 1.14. The summed E-state index contributed by atoms with van der Waals surface area (Å²) in [7, 11) is 3.81. The number of hydrazine groups is 1. The molecule has 0 saturated heterocycles. The number of hydrogen-bond acceptors (Lipinski definition) is 4. The summed E-state index contributed by atoms with van der Waals surface area (Å²) in [4.78, 5) is 25.5. The first-order valence-electron chi connectivity index (χ1n) is 5.74. The molecular formula is C13H19N3O2. The standard InChI is InChI=1S/C13H19N3O2/c1-10(17)11-6-4-5-7-12(11)13(18)16(14)9-8-15(2)3/h4-7H,8-9,14H2,1-3H3. The Morgan fingerprint density at radius 3 is 2.17 bits per heavy atom. The van der Waals surface area contributed by atoms with Crippen LogP contribution in [0.1, 0.15) is 27.6 Å². The molecule has 1 rings (SSSR count). The van der Waals surface area contributed by atoms with Crippen molar-refractivity contribution in [1.82, 2.24) is 9.91 Å². The highest BCUT2D eigenvalue weighted by Gasteiger charge is 2.17. The van der Waals surface area contributed by atoms with Crippen LogP contribution in [0.25, 0.3) is 0 Å². The molecule has 0 aliphatic carbocycles. The summed E-state index contributed by atoms with van der Waals surface area (Å²) in [5.41, 5.74) is 0.758. The minimum absolute atomic E-state index is 0.139. The van der Waals surface area contributed by atoms with Crippen molar-refractivity contribution < 1.29 is 9.59 Å². The lowest BCUT2D eigenvalue weighted by molar-refractivity contribution is 0.0740. The molecule has 0 atom stereocenters. The van der Waals surface area contributed by atoms with E-state index in [0.29, 0.717) is 24.2 Å². The van der Waals surface area contributed by atoms with Crippen molar-refractivity contribution in [2.24, 2.45) is 5.84 Å². The van der Waals surface area contributed by atoms with Gasteiger partial charge in [0.05, 0.1) is 12.1 Å². The van der Waals surface area contributed by atoms with Crippen LogP contribution in [0.15, 0.2) is 24.3 Å². The number of benzene rings is 1. The molecule has 0 aliphatic rings. The highest BCUT2D eigenvalue weighted by Crippen LogP contribution is 2.11. The Hall–Kier alpha value is -1.72. The molecule has 0 saturated carbocycles. The van der Waals surface area contributed by atoms with Crippen LogP contribution in [0, 0.1) is 0 Å². The van der Waals surface area contributed by atoms with Gasteiger partial charge in [-0.1, -0.05) is 18.2 Å². The zero-order valence-corrected chi connectivity index (χ0v) is 11.0. The summed E-state index contributed by atoms with van der Waals surface area (Å²) in [6, 6.07) is 6.71. The van der Waals surface area contributed by atoms with Crippen molar-refractivity contribution in [2.75, 3.05) is 27.2 Å². The van der Waals surface area contributed by atoms with Crippen LogP contribution in [0.4, 0.5) is 0 Å². The molecule has 0 aromatic heterocycles. The highest BCUT2D eigenvalue weighted by atomic mass is 16.2. The third kappa shape index (κ3) is 3.65. The molecule has 0 spiro atoms. The zero-order chi connectivity index (χ0) is 13.7. The first-order valence-corrected chi connectivity index (χ1v) is 5.74. The summed E-state index contributed by atoms with van der Waals surface area (Å²) >= 11 is 0. The minimum atomic E-state index is -0.331. The first-order chi connectivity index (χ1) is 8.43. The molecule has 1 aromatic carbocycles. The third-order valence-electron chi connectivity index (χ3n) is 2.59. The lowest BCUT2D eigenvalue weighted by atomic mass is 10.0. The van der Waals surface area contributed by atoms with Gasteiger partial charge in [-0.3, -0.25) is 14.6 Å². The van der Waals surface area contributed by atoms with E-state index >= 15 is 0 Å². The van der Waals surface area contributed by atoms with E-state index in [2.05, 4.69) is 0 Å². The molecule has 1 amide bonds. The number of nitrogens with zero attached hydrogens (tertiary/aromatic N) is 2. The second-order valence-corrected chi connectivity index (χ2v) is 4.40. The van der Waals surface area contributed by atoms with Crippen LogP contribution < -0.4 is 5.84 Å². The van der Waals surface area contributed by atoms with E-state index in [0.717, 1.165) is 5.01 Å². The SMILES string of the molecule is CC(=O)c1ccccc1C(=O)N(N)CCN(C)C. The Labute approximate surface area is 107 Å². The molecule has 2 N–H and O–H groups in total. The number of Topliss-reactive ketones (excluding diaryl/α,β-unsaturated/α-hetero) is 1. The molecule has 5 heteroatoms. The number of carbonyl (C=O) groups is 2. The van der Waals surface area contributed by atoms with E-state index in [-0.39, 0.29) is 11.7 Å². The predicted octanol–water partition coefficient (Wildman–Crippen LogP) is 0.767. The number of nitrogens with two attached hydrogens (primary N) is 1. The number of ketones is 1. The second kappa shape index (κ2) is 6.28. The van der Waals surface area contributed by atoms with Gasteiger partial charge in [0.25, 0.3) is 5.91 Å². The van der Waals surface area contributed by atoms with Crippen LogP contribution in [0.5, 0.6) is 0 Å². The van der Waals surface area contributed by atoms with Gasteiger partial charge in [-0.2, -0.15) is 0 Å². The largest absolute Gasteiger partial charge is 0.308 e. The Balaban J connectivity index is 2.86. The van der Waals surface area contributed by atoms with Crippen molar-refractivity contribution in [3.63, 3.8) is 0 Å². The molecule has 0 aliphatic heterocycles. The molecule has 0 radical (unpaired) electrons. The fourth-order valence-corrected chi connectivity index (χ4v) is 1.54. The number of amides is 1. The number of likely N-dealkylation sites (N-methyl/N-ethyl adjacent to an activating group) is 1. The Kier molecular flexibility index (Phi) is 5.00. The predicted molar refractivity (Wildman–Crippen MR) is 70.2 cm³/mol. The fraction of sp³-hybridized carbons (Fsp3) is 0.385. The first kappa shape index (κ1) is 14.3. The normalized spacial score (nSPS) is 10.5. The number of hydrogen-bond donors (Lipinski definition) is 1. The second-order valence-electron chi connectivity index (χ2n) is 4.40. The monoisotopic (exact) mass is 249 g/mol. The van der Waals surface area contributed by atoms with Crippen molar-refractivity contribution in [3.8, 4) is 0 Å². The van der Waals surface area contributed by atoms with E-state index < -0.39 is 0 Å². The van der Waals surface area contributed by atoms with Gasteiger partial charge < -0.3 is 4.90 Å². The van der Waals surface area contributed by atoms with Gasteiger partial charge in [0.1, 0.15) is 0 Å². The van der Waals surface area contributed by atoms with Gasteiger partial charge in [-0.05, 0) is 27.1 Å². The maximum absolute atomic E-state index is 12.1. The maximum Gasteiger partial charge on any atom is 0.268 e. The van der Waals surface area contributed by atoms with Crippen LogP contribution in [0.2, 0.25) is 0 Å². The minimum Gasteiger partial charge on any atom is -0.308 e. The molecule has 0 fully saturated rings. The summed E-state index contributed by atoms with van der Waals surface area (Å²) in [6.45, 7) is 2.52. The summed E-state index contributed by atoms with van der Waals surface area (Å²) in [5.74, 6) is 5.24. The lowest BCUT2D eigenvalue weighted by Crippen LogP contribution is -2.42. The van der Waals surface area contributed by atoms with Gasteiger partial charge in [0.15, 0.2) is 5.78 Å². The van der Waals surface area contributed by atoms with Crippen LogP contribution in [-0.2, 0) is 0 Å². The smallest absolute Gasteiger partial charge is 0.268 e. The van der Waals surface area contributed by atoms with Crippen molar-refractivity contribution in [2.45, 2.75) is 6.92 Å². The van der Waals surface area contributed by atoms with Gasteiger partial charge in [-0.25, -0.2) is 5.84 Å². The Morgan fingerprint density at radius 2 is 1.67 bits per heavy atom. The molecule has 0 bridgehead atoms. The summed E-state index contributed by atoms with van der Waals surface area (Å²) in [6.07, 6.45) is 0. The average Bonchev–Trinajstić information content (AvgIpc) is 2.34. The van der Waals surface area contributed by atoms with Crippen LogP contribution >= 0.6 is 0 Å². The fourth-order valence-electron chi connectivity index (χ4n) is 1.54. The molecule has 98 valence electrons. The topological polar surface area (TPSA) is 66.6 Å². The van der Waals surface area contributed by atoms with Crippen molar-refractivity contribution in [3.05, 3.63) is 35.4 Å². The van der Waals surface area contributed by atoms with Crippen molar-refractivity contribution >= 4 is 11.7 Å². The van der Waals surface area contributed by atoms with E-state index in [9.17, 15) is 9.59 Å². The molecular weight excluding hydrogens is 230 g/mol. The average molecular weight is 249 g/mol. The van der Waals surface area contributed by atoms with Gasteiger partial charge in [0, 0.05) is 12.1 Å². The molecule has 0 unspecified atom stereocenters.